The number of hydrogen-bond donors (Lipinski definition) is 0. The van der Waals surface area contributed by atoms with E-state index in [1.165, 1.54) is 0 Å². The largest absolute Gasteiger partial charge is 0.497 e. The first kappa shape index (κ1) is 22.1. The van der Waals surface area contributed by atoms with Crippen molar-refractivity contribution in [1.29, 1.82) is 0 Å². The number of esters is 1. The van der Waals surface area contributed by atoms with Crippen molar-refractivity contribution in [2.45, 2.75) is 13.5 Å². The van der Waals surface area contributed by atoms with Crippen molar-refractivity contribution in [3.8, 4) is 28.4 Å². The number of rotatable bonds is 8. The van der Waals surface area contributed by atoms with E-state index in [0.29, 0.717) is 39.6 Å². The summed E-state index contributed by atoms with van der Waals surface area (Å²) < 4.78 is 23.5. The van der Waals surface area contributed by atoms with Crippen LogP contribution in [0, 0.1) is 0 Å². The van der Waals surface area contributed by atoms with Gasteiger partial charge < -0.3 is 23.5 Å². The molecule has 0 atom stereocenters. The molecular formula is C24H24N4O5. The van der Waals surface area contributed by atoms with Gasteiger partial charge in [-0.3, -0.25) is 0 Å². The van der Waals surface area contributed by atoms with Crippen molar-refractivity contribution in [1.82, 2.24) is 19.7 Å². The molecule has 0 fully saturated rings. The van der Waals surface area contributed by atoms with Crippen molar-refractivity contribution >= 4 is 16.9 Å². The lowest BCUT2D eigenvalue weighted by atomic mass is 9.93. The van der Waals surface area contributed by atoms with E-state index in [0.717, 1.165) is 10.9 Å². The van der Waals surface area contributed by atoms with Gasteiger partial charge in [-0.05, 0) is 30.7 Å². The van der Waals surface area contributed by atoms with Crippen LogP contribution in [0.4, 0.5) is 0 Å². The fourth-order valence-corrected chi connectivity index (χ4v) is 3.71. The molecule has 0 bridgehead atoms. The van der Waals surface area contributed by atoms with E-state index >= 15 is 0 Å². The number of ether oxygens (including phenoxy) is 4. The maximum absolute atomic E-state index is 13.2. The van der Waals surface area contributed by atoms with E-state index in [9.17, 15) is 4.79 Å². The first-order valence-corrected chi connectivity index (χ1v) is 10.3. The molecule has 4 rings (SSSR count). The molecule has 9 nitrogen and oxygen atoms in total. The van der Waals surface area contributed by atoms with Crippen LogP contribution >= 0.6 is 0 Å². The Balaban J connectivity index is 2.08. The maximum Gasteiger partial charge on any atom is 0.340 e. The van der Waals surface area contributed by atoms with Gasteiger partial charge in [0, 0.05) is 17.0 Å². The van der Waals surface area contributed by atoms with Gasteiger partial charge in [0.2, 0.25) is 0 Å². The zero-order chi connectivity index (χ0) is 23.4. The molecule has 0 aliphatic carbocycles. The Bertz CT molecular complexity index is 1270. The van der Waals surface area contributed by atoms with Gasteiger partial charge in [0.15, 0.2) is 11.5 Å². The van der Waals surface area contributed by atoms with Crippen molar-refractivity contribution < 1.29 is 23.7 Å². The Labute approximate surface area is 190 Å². The third kappa shape index (κ3) is 4.30. The minimum atomic E-state index is -0.462. The Morgan fingerprint density at radius 3 is 2.21 bits per heavy atom. The first-order valence-electron chi connectivity index (χ1n) is 10.3. The molecule has 0 amide bonds. The molecule has 4 aromatic rings. The minimum Gasteiger partial charge on any atom is -0.497 e. The molecule has 33 heavy (non-hydrogen) atoms. The van der Waals surface area contributed by atoms with Crippen LogP contribution in [0.15, 0.2) is 49.1 Å². The second-order valence-electron chi connectivity index (χ2n) is 7.12. The number of pyridine rings is 1. The molecular weight excluding hydrogens is 424 g/mol. The summed E-state index contributed by atoms with van der Waals surface area (Å²) in [5, 5.41) is 8.45. The lowest BCUT2D eigenvalue weighted by molar-refractivity contribution is 0.0525. The Morgan fingerprint density at radius 1 is 0.939 bits per heavy atom. The van der Waals surface area contributed by atoms with E-state index in [2.05, 4.69) is 10.2 Å². The fourth-order valence-electron chi connectivity index (χ4n) is 3.71. The summed E-state index contributed by atoms with van der Waals surface area (Å²) in [4.78, 5) is 18.1. The number of nitrogens with zero attached hydrogens (tertiary/aromatic N) is 4. The number of carbonyl (C=O) groups is 1. The van der Waals surface area contributed by atoms with Crippen LogP contribution in [0.5, 0.6) is 17.2 Å². The predicted molar refractivity (Wildman–Crippen MR) is 122 cm³/mol. The highest BCUT2D eigenvalue weighted by Crippen LogP contribution is 2.40. The average Bonchev–Trinajstić information content (AvgIpc) is 3.35. The maximum atomic E-state index is 13.2. The normalized spacial score (nSPS) is 10.8. The number of aromatic nitrogens is 4. The smallest absolute Gasteiger partial charge is 0.340 e. The summed E-state index contributed by atoms with van der Waals surface area (Å²) in [6.45, 7) is 2.29. The van der Waals surface area contributed by atoms with Crippen molar-refractivity contribution in [3.05, 3.63) is 60.3 Å². The van der Waals surface area contributed by atoms with Crippen molar-refractivity contribution in [2.24, 2.45) is 0 Å². The van der Waals surface area contributed by atoms with Gasteiger partial charge in [-0.15, -0.1) is 10.2 Å². The van der Waals surface area contributed by atoms with Crippen LogP contribution in [-0.2, 0) is 11.3 Å². The summed E-state index contributed by atoms with van der Waals surface area (Å²) in [5.41, 5.74) is 3.04. The van der Waals surface area contributed by atoms with Crippen LogP contribution in [0.25, 0.3) is 22.0 Å². The molecule has 0 aliphatic heterocycles. The fraction of sp³-hybridized carbons (Fsp3) is 0.250. The van der Waals surface area contributed by atoms with E-state index in [4.69, 9.17) is 23.9 Å². The first-order chi connectivity index (χ1) is 16.1. The minimum absolute atomic E-state index is 0.233. The molecule has 0 unspecified atom stereocenters. The topological polar surface area (TPSA) is 97.6 Å². The Hall–Kier alpha value is -4.14. The molecule has 0 saturated carbocycles. The molecule has 0 saturated heterocycles. The zero-order valence-corrected chi connectivity index (χ0v) is 18.9. The molecule has 2 aromatic heterocycles. The van der Waals surface area contributed by atoms with Gasteiger partial charge in [-0.2, -0.15) is 0 Å². The average molecular weight is 448 g/mol. The standard InChI is InChI=1S/C24H24N4O5/c1-5-33-24(29)23-19(12-28-13-25-26-14-28)27-18-11-21(32-4)20(31-3)10-17(18)22(23)15-6-8-16(30-2)9-7-15/h6-11,13-14H,5,12H2,1-4H3. The molecule has 2 aromatic carbocycles. The van der Waals surface area contributed by atoms with Crippen LogP contribution in [0.2, 0.25) is 0 Å². The summed E-state index contributed by atoms with van der Waals surface area (Å²) >= 11 is 0. The van der Waals surface area contributed by atoms with E-state index in [1.54, 1.807) is 51.5 Å². The summed E-state index contributed by atoms with van der Waals surface area (Å²) in [5.74, 6) is 1.31. The third-order valence-corrected chi connectivity index (χ3v) is 5.22. The van der Waals surface area contributed by atoms with Gasteiger partial charge in [0.05, 0.1) is 51.3 Å². The van der Waals surface area contributed by atoms with Crippen LogP contribution < -0.4 is 14.2 Å². The van der Waals surface area contributed by atoms with Crippen molar-refractivity contribution in [2.75, 3.05) is 27.9 Å². The quantitative estimate of drug-likeness (QED) is 0.376. The second kappa shape index (κ2) is 9.56. The lowest BCUT2D eigenvalue weighted by Crippen LogP contribution is -2.14. The van der Waals surface area contributed by atoms with E-state index in [1.807, 2.05) is 30.3 Å². The number of carbonyl (C=O) groups excluding carboxylic acids is 1. The molecule has 0 aliphatic rings. The van der Waals surface area contributed by atoms with E-state index in [-0.39, 0.29) is 13.2 Å². The molecule has 170 valence electrons. The highest BCUT2D eigenvalue weighted by Gasteiger charge is 2.25. The van der Waals surface area contributed by atoms with Gasteiger partial charge in [-0.25, -0.2) is 9.78 Å². The number of hydrogen-bond acceptors (Lipinski definition) is 8. The van der Waals surface area contributed by atoms with Crippen LogP contribution in [-0.4, -0.2) is 53.7 Å². The molecule has 9 heteroatoms. The summed E-state index contributed by atoms with van der Waals surface area (Å²) in [6, 6.07) is 11.1. The molecule has 0 spiro atoms. The van der Waals surface area contributed by atoms with E-state index < -0.39 is 5.97 Å². The Morgan fingerprint density at radius 2 is 1.61 bits per heavy atom. The summed E-state index contributed by atoms with van der Waals surface area (Å²) in [6.07, 6.45) is 3.14. The second-order valence-corrected chi connectivity index (χ2v) is 7.12. The van der Waals surface area contributed by atoms with Crippen LogP contribution in [0.1, 0.15) is 23.0 Å². The Kier molecular flexibility index (Phi) is 6.39. The van der Waals surface area contributed by atoms with Crippen LogP contribution in [0.3, 0.4) is 0 Å². The summed E-state index contributed by atoms with van der Waals surface area (Å²) in [7, 11) is 4.74. The van der Waals surface area contributed by atoms with Gasteiger partial charge in [0.25, 0.3) is 0 Å². The van der Waals surface area contributed by atoms with Gasteiger partial charge in [-0.1, -0.05) is 12.1 Å². The molecule has 0 N–H and O–H groups in total. The highest BCUT2D eigenvalue weighted by atomic mass is 16.5. The van der Waals surface area contributed by atoms with Crippen molar-refractivity contribution in [3.63, 3.8) is 0 Å². The monoisotopic (exact) mass is 448 g/mol. The zero-order valence-electron chi connectivity index (χ0n) is 18.9. The third-order valence-electron chi connectivity index (χ3n) is 5.22. The number of fused-ring (bicyclic) bond motifs is 1. The number of methoxy groups -OCH3 is 3. The highest BCUT2D eigenvalue weighted by molar-refractivity contribution is 6.08. The SMILES string of the molecule is CCOC(=O)c1c(Cn2cnnc2)nc2cc(OC)c(OC)cc2c1-c1ccc(OC)cc1. The van der Waals surface area contributed by atoms with Gasteiger partial charge in [0.1, 0.15) is 18.4 Å². The predicted octanol–water partition coefficient (Wildman–Crippen LogP) is 3.74. The lowest BCUT2D eigenvalue weighted by Gasteiger charge is -2.18. The number of benzene rings is 2. The van der Waals surface area contributed by atoms with Gasteiger partial charge >= 0.3 is 5.97 Å². The molecule has 0 radical (unpaired) electrons. The molecule has 2 heterocycles.